The zero-order valence-corrected chi connectivity index (χ0v) is 14.9. The lowest BCUT2D eigenvalue weighted by Gasteiger charge is -2.25. The lowest BCUT2D eigenvalue weighted by atomic mass is 9.93. The van der Waals surface area contributed by atoms with Crippen LogP contribution in [0.4, 0.5) is 0 Å². The number of aromatic nitrogens is 2. The highest BCUT2D eigenvalue weighted by Crippen LogP contribution is 2.36. The summed E-state index contributed by atoms with van der Waals surface area (Å²) in [7, 11) is 3.59. The largest absolute Gasteiger partial charge is 0.383 e. The summed E-state index contributed by atoms with van der Waals surface area (Å²) < 4.78 is 6.95. The van der Waals surface area contributed by atoms with Crippen molar-refractivity contribution in [3.63, 3.8) is 0 Å². The van der Waals surface area contributed by atoms with Gasteiger partial charge >= 0.3 is 0 Å². The number of hydrogen-bond donors (Lipinski definition) is 1. The first-order valence-electron chi connectivity index (χ1n) is 8.70. The molecule has 1 amide bonds. The molecule has 0 unspecified atom stereocenters. The van der Waals surface area contributed by atoms with Gasteiger partial charge in [-0.3, -0.25) is 9.48 Å². The van der Waals surface area contributed by atoms with Crippen molar-refractivity contribution in [1.82, 2.24) is 20.0 Å². The maximum absolute atomic E-state index is 12.2. The third-order valence-corrected chi connectivity index (χ3v) is 4.78. The van der Waals surface area contributed by atoms with E-state index in [-0.39, 0.29) is 17.9 Å². The fourth-order valence-corrected chi connectivity index (χ4v) is 3.49. The Kier molecular flexibility index (Phi) is 5.83. The smallest absolute Gasteiger partial charge is 0.223 e. The van der Waals surface area contributed by atoms with Crippen LogP contribution in [0.5, 0.6) is 0 Å². The van der Waals surface area contributed by atoms with Crippen LogP contribution in [-0.2, 0) is 22.6 Å². The van der Waals surface area contributed by atoms with E-state index in [1.165, 1.54) is 5.56 Å². The number of hydrogen-bond acceptors (Lipinski definition) is 4. The predicted octanol–water partition coefficient (Wildman–Crippen LogP) is 1.84. The molecule has 1 aliphatic heterocycles. The molecule has 0 bridgehead atoms. The van der Waals surface area contributed by atoms with E-state index >= 15 is 0 Å². The van der Waals surface area contributed by atoms with Crippen molar-refractivity contribution in [2.75, 3.05) is 27.3 Å². The maximum atomic E-state index is 12.2. The van der Waals surface area contributed by atoms with E-state index in [1.54, 1.807) is 7.11 Å². The van der Waals surface area contributed by atoms with Gasteiger partial charge < -0.3 is 15.0 Å². The molecule has 6 heteroatoms. The second-order valence-corrected chi connectivity index (χ2v) is 6.56. The highest BCUT2D eigenvalue weighted by Gasteiger charge is 2.37. The van der Waals surface area contributed by atoms with Crippen molar-refractivity contribution in [3.05, 3.63) is 53.9 Å². The minimum atomic E-state index is 0.144. The van der Waals surface area contributed by atoms with Crippen LogP contribution in [0.1, 0.15) is 23.6 Å². The molecule has 1 saturated heterocycles. The standard InChI is InChI=1S/C19H26N4O2/c1-22-18(24)10-17(19(22)16-6-4-3-5-7-16)13-20-11-15-12-21-23(14-15)8-9-25-2/h3-7,12,14,17,19-20H,8-11,13H2,1-2H3/t17-,19-/m0/s1. The molecule has 0 spiro atoms. The van der Waals surface area contributed by atoms with Gasteiger partial charge in [0, 0.05) is 51.3 Å². The zero-order chi connectivity index (χ0) is 17.6. The van der Waals surface area contributed by atoms with Crippen LogP contribution >= 0.6 is 0 Å². The topological polar surface area (TPSA) is 59.4 Å². The van der Waals surface area contributed by atoms with Crippen molar-refractivity contribution in [2.45, 2.75) is 25.6 Å². The maximum Gasteiger partial charge on any atom is 0.223 e. The summed E-state index contributed by atoms with van der Waals surface area (Å²) in [5, 5.41) is 7.82. The third-order valence-electron chi connectivity index (χ3n) is 4.78. The lowest BCUT2D eigenvalue weighted by molar-refractivity contribution is -0.127. The monoisotopic (exact) mass is 342 g/mol. The van der Waals surface area contributed by atoms with Crippen molar-refractivity contribution in [2.24, 2.45) is 5.92 Å². The predicted molar refractivity (Wildman–Crippen MR) is 95.9 cm³/mol. The summed E-state index contributed by atoms with van der Waals surface area (Å²) in [5.41, 5.74) is 2.35. The fraction of sp³-hybridized carbons (Fsp3) is 0.474. The second-order valence-electron chi connectivity index (χ2n) is 6.56. The zero-order valence-electron chi connectivity index (χ0n) is 14.9. The highest BCUT2D eigenvalue weighted by atomic mass is 16.5. The van der Waals surface area contributed by atoms with Crippen molar-refractivity contribution < 1.29 is 9.53 Å². The molecule has 1 aromatic heterocycles. The number of nitrogens with one attached hydrogen (secondary N) is 1. The molecular weight excluding hydrogens is 316 g/mol. The van der Waals surface area contributed by atoms with Gasteiger partial charge in [0.1, 0.15) is 0 Å². The molecule has 2 aromatic rings. The van der Waals surface area contributed by atoms with E-state index in [2.05, 4.69) is 22.5 Å². The number of ether oxygens (including phenoxy) is 1. The van der Waals surface area contributed by atoms with Gasteiger partial charge in [-0.25, -0.2) is 0 Å². The van der Waals surface area contributed by atoms with E-state index in [0.717, 1.165) is 25.2 Å². The molecule has 1 aromatic carbocycles. The Morgan fingerprint density at radius 1 is 1.32 bits per heavy atom. The van der Waals surface area contributed by atoms with Crippen LogP contribution in [0.15, 0.2) is 42.7 Å². The average Bonchev–Trinajstić information content (AvgIpc) is 3.19. The van der Waals surface area contributed by atoms with E-state index in [4.69, 9.17) is 4.74 Å². The van der Waals surface area contributed by atoms with Crippen molar-refractivity contribution in [1.29, 1.82) is 0 Å². The quantitative estimate of drug-likeness (QED) is 0.795. The molecule has 1 aliphatic rings. The highest BCUT2D eigenvalue weighted by molar-refractivity contribution is 5.79. The van der Waals surface area contributed by atoms with Crippen LogP contribution in [0.3, 0.4) is 0 Å². The van der Waals surface area contributed by atoms with Gasteiger partial charge in [0.05, 0.1) is 25.4 Å². The van der Waals surface area contributed by atoms with Crippen LogP contribution < -0.4 is 5.32 Å². The Bertz CT molecular complexity index is 686. The first-order chi connectivity index (χ1) is 12.2. The number of carbonyl (C=O) groups is 1. The van der Waals surface area contributed by atoms with Crippen LogP contribution in [-0.4, -0.2) is 47.9 Å². The minimum Gasteiger partial charge on any atom is -0.383 e. The number of likely N-dealkylation sites (tertiary alicyclic amines) is 1. The number of methoxy groups -OCH3 is 1. The minimum absolute atomic E-state index is 0.144. The SMILES string of the molecule is COCCn1cc(CNC[C@@H]2CC(=O)N(C)[C@H]2c2ccccc2)cn1. The number of rotatable bonds is 8. The van der Waals surface area contributed by atoms with Crippen LogP contribution in [0.2, 0.25) is 0 Å². The number of benzene rings is 1. The second kappa shape index (κ2) is 8.27. The molecule has 2 heterocycles. The molecule has 1 fully saturated rings. The van der Waals surface area contributed by atoms with Gasteiger partial charge in [0.2, 0.25) is 5.91 Å². The Morgan fingerprint density at radius 3 is 2.88 bits per heavy atom. The van der Waals surface area contributed by atoms with Crippen molar-refractivity contribution >= 4 is 5.91 Å². The Balaban J connectivity index is 1.56. The summed E-state index contributed by atoms with van der Waals surface area (Å²) in [6.07, 6.45) is 4.51. The molecule has 0 saturated carbocycles. The van der Waals surface area contributed by atoms with Crippen molar-refractivity contribution in [3.8, 4) is 0 Å². The summed E-state index contributed by atoms with van der Waals surface area (Å²) >= 11 is 0. The lowest BCUT2D eigenvalue weighted by Crippen LogP contribution is -2.29. The number of amides is 1. The summed E-state index contributed by atoms with van der Waals surface area (Å²) in [6.45, 7) is 2.97. The molecule has 25 heavy (non-hydrogen) atoms. The Morgan fingerprint density at radius 2 is 2.12 bits per heavy atom. The first-order valence-corrected chi connectivity index (χ1v) is 8.70. The summed E-state index contributed by atoms with van der Waals surface area (Å²) in [6, 6.07) is 10.4. The van der Waals surface area contributed by atoms with Crippen LogP contribution in [0, 0.1) is 5.92 Å². The van der Waals surface area contributed by atoms with E-state index in [0.29, 0.717) is 13.0 Å². The van der Waals surface area contributed by atoms with Gasteiger partial charge in [-0.2, -0.15) is 5.10 Å². The molecule has 134 valence electrons. The van der Waals surface area contributed by atoms with Gasteiger partial charge in [-0.1, -0.05) is 30.3 Å². The summed E-state index contributed by atoms with van der Waals surface area (Å²) in [5.74, 6) is 0.497. The van der Waals surface area contributed by atoms with Crippen LogP contribution in [0.25, 0.3) is 0 Å². The number of carbonyl (C=O) groups excluding carboxylic acids is 1. The average molecular weight is 342 g/mol. The molecule has 6 nitrogen and oxygen atoms in total. The molecule has 1 N–H and O–H groups in total. The molecule has 2 atom stereocenters. The molecule has 3 rings (SSSR count). The van der Waals surface area contributed by atoms with E-state index < -0.39 is 0 Å². The van der Waals surface area contributed by atoms with Gasteiger partial charge in [0.15, 0.2) is 0 Å². The van der Waals surface area contributed by atoms with Gasteiger partial charge in [-0.15, -0.1) is 0 Å². The normalized spacial score (nSPS) is 20.4. The molecule has 0 radical (unpaired) electrons. The van der Waals surface area contributed by atoms with E-state index in [9.17, 15) is 4.79 Å². The van der Waals surface area contributed by atoms with E-state index in [1.807, 2.05) is 47.2 Å². The third kappa shape index (κ3) is 4.27. The summed E-state index contributed by atoms with van der Waals surface area (Å²) in [4.78, 5) is 14.1. The Labute approximate surface area is 148 Å². The molecule has 0 aliphatic carbocycles. The van der Waals surface area contributed by atoms with Gasteiger partial charge in [-0.05, 0) is 5.56 Å². The first kappa shape index (κ1) is 17.6. The number of nitrogens with zero attached hydrogens (tertiary/aromatic N) is 3. The fourth-order valence-electron chi connectivity index (χ4n) is 3.49. The Hall–Kier alpha value is -2.18. The molecular formula is C19H26N4O2. The van der Waals surface area contributed by atoms with Gasteiger partial charge in [0.25, 0.3) is 0 Å².